The molecule has 0 saturated heterocycles. The van der Waals surface area contributed by atoms with E-state index >= 15 is 0 Å². The maximum absolute atomic E-state index is 13.1. The standard InChI is InChI=1S/C22H22F3NO3/c1-5-14-11(2)10-17(13(4)12(14)3)26-16-9-7-6-8-15(16)19(27)18(21(26)29)20(28)22(23,24)25/h6-11,13,27H,5H2,1-4H3. The Morgan fingerprint density at radius 3 is 2.41 bits per heavy atom. The molecule has 4 nitrogen and oxygen atoms in total. The lowest BCUT2D eigenvalue weighted by Crippen LogP contribution is -2.34. The van der Waals surface area contributed by atoms with Gasteiger partial charge in [-0.25, -0.2) is 0 Å². The highest BCUT2D eigenvalue weighted by molar-refractivity contribution is 6.06. The van der Waals surface area contributed by atoms with Crippen LogP contribution >= 0.6 is 0 Å². The van der Waals surface area contributed by atoms with Crippen LogP contribution in [0.2, 0.25) is 0 Å². The van der Waals surface area contributed by atoms with Crippen LogP contribution in [0.4, 0.5) is 13.2 Å². The number of aromatic nitrogens is 1. The third-order valence-corrected chi connectivity index (χ3v) is 5.75. The fourth-order valence-corrected chi connectivity index (χ4v) is 4.16. The molecule has 2 unspecified atom stereocenters. The van der Waals surface area contributed by atoms with Crippen molar-refractivity contribution in [2.24, 2.45) is 11.8 Å². The smallest absolute Gasteiger partial charge is 0.455 e. The molecule has 2 atom stereocenters. The van der Waals surface area contributed by atoms with Crippen LogP contribution in [-0.2, 0) is 0 Å². The minimum Gasteiger partial charge on any atom is -0.506 e. The molecule has 0 amide bonds. The van der Waals surface area contributed by atoms with Gasteiger partial charge in [0.2, 0.25) is 0 Å². The van der Waals surface area contributed by atoms with Crippen LogP contribution in [0.5, 0.6) is 5.75 Å². The van der Waals surface area contributed by atoms with Gasteiger partial charge in [-0.1, -0.05) is 50.1 Å². The number of fused-ring (bicyclic) bond motifs is 1. The van der Waals surface area contributed by atoms with E-state index < -0.39 is 28.8 Å². The number of nitrogens with zero attached hydrogens (tertiary/aromatic N) is 1. The average molecular weight is 405 g/mol. The van der Waals surface area contributed by atoms with Gasteiger partial charge in [-0.15, -0.1) is 0 Å². The van der Waals surface area contributed by atoms with Crippen molar-refractivity contribution in [3.05, 3.63) is 57.4 Å². The molecule has 0 radical (unpaired) electrons. The van der Waals surface area contributed by atoms with Gasteiger partial charge in [0.05, 0.1) is 5.52 Å². The van der Waals surface area contributed by atoms with Gasteiger partial charge in [-0.2, -0.15) is 13.2 Å². The van der Waals surface area contributed by atoms with Gasteiger partial charge in [-0.3, -0.25) is 14.2 Å². The van der Waals surface area contributed by atoms with Crippen molar-refractivity contribution >= 4 is 22.4 Å². The Hall–Kier alpha value is -2.83. The molecule has 1 aromatic carbocycles. The second-order valence-electron chi connectivity index (χ2n) is 7.37. The fraction of sp³-hybridized carbons (Fsp3) is 0.364. The zero-order chi connectivity index (χ0) is 21.7. The number of allylic oxidation sites excluding steroid dienone is 4. The quantitative estimate of drug-likeness (QED) is 0.556. The molecule has 0 saturated carbocycles. The van der Waals surface area contributed by atoms with E-state index in [1.54, 1.807) is 12.1 Å². The van der Waals surface area contributed by atoms with Gasteiger partial charge in [-0.05, 0) is 31.4 Å². The molecule has 29 heavy (non-hydrogen) atoms. The second-order valence-corrected chi connectivity index (χ2v) is 7.37. The first-order valence-electron chi connectivity index (χ1n) is 9.40. The number of hydrogen-bond donors (Lipinski definition) is 1. The zero-order valence-corrected chi connectivity index (χ0v) is 16.6. The molecular weight excluding hydrogens is 383 g/mol. The summed E-state index contributed by atoms with van der Waals surface area (Å²) in [5.74, 6) is -3.53. The van der Waals surface area contributed by atoms with Gasteiger partial charge < -0.3 is 5.11 Å². The van der Waals surface area contributed by atoms with Crippen LogP contribution in [-0.4, -0.2) is 21.6 Å². The molecule has 0 spiro atoms. The monoisotopic (exact) mass is 405 g/mol. The van der Waals surface area contributed by atoms with Gasteiger partial charge in [0.25, 0.3) is 11.3 Å². The topological polar surface area (TPSA) is 59.3 Å². The number of pyridine rings is 1. The van der Waals surface area contributed by atoms with E-state index in [0.29, 0.717) is 5.70 Å². The van der Waals surface area contributed by atoms with Gasteiger partial charge in [0, 0.05) is 17.0 Å². The Labute approximate surface area is 166 Å². The Bertz CT molecular complexity index is 1120. The van der Waals surface area contributed by atoms with E-state index in [1.807, 2.05) is 33.8 Å². The summed E-state index contributed by atoms with van der Waals surface area (Å²) in [5, 5.41) is 10.4. The summed E-state index contributed by atoms with van der Waals surface area (Å²) in [7, 11) is 0. The number of Topliss-reactive ketones (excluding diaryl/α,β-unsaturated/α-hetero) is 1. The van der Waals surface area contributed by atoms with E-state index in [4.69, 9.17) is 0 Å². The lowest BCUT2D eigenvalue weighted by molar-refractivity contribution is -0.0887. The van der Waals surface area contributed by atoms with Crippen molar-refractivity contribution in [2.45, 2.75) is 40.3 Å². The number of benzene rings is 1. The second kappa shape index (κ2) is 7.21. The molecule has 0 aliphatic heterocycles. The summed E-state index contributed by atoms with van der Waals surface area (Å²) in [6.07, 6.45) is -2.60. The molecular formula is C22H22F3NO3. The molecule has 0 fully saturated rings. The summed E-state index contributed by atoms with van der Waals surface area (Å²) in [4.78, 5) is 25.1. The van der Waals surface area contributed by atoms with Crippen LogP contribution in [0.25, 0.3) is 16.6 Å². The molecule has 1 heterocycles. The summed E-state index contributed by atoms with van der Waals surface area (Å²) in [6.45, 7) is 7.82. The van der Waals surface area contributed by atoms with Crippen molar-refractivity contribution in [3.63, 3.8) is 0 Å². The predicted octanol–water partition coefficient (Wildman–Crippen LogP) is 5.31. The number of halogens is 3. The number of hydrogen-bond acceptors (Lipinski definition) is 3. The SMILES string of the molecule is CCC1=C(C)C(C)C(n2c(=O)c(C(=O)C(F)(F)F)c(O)c3ccccc32)=CC1C. The van der Waals surface area contributed by atoms with Gasteiger partial charge >= 0.3 is 6.18 Å². The number of carbonyl (C=O) groups excluding carboxylic acids is 1. The first kappa shape index (κ1) is 20.9. The van der Waals surface area contributed by atoms with E-state index in [2.05, 4.69) is 0 Å². The number of para-hydroxylation sites is 1. The van der Waals surface area contributed by atoms with Crippen LogP contribution in [0.1, 0.15) is 44.5 Å². The number of carbonyl (C=O) groups is 1. The fourth-order valence-electron chi connectivity index (χ4n) is 4.16. The highest BCUT2D eigenvalue weighted by Crippen LogP contribution is 2.39. The third-order valence-electron chi connectivity index (χ3n) is 5.75. The minimum absolute atomic E-state index is 0.00701. The lowest BCUT2D eigenvalue weighted by atomic mass is 9.80. The summed E-state index contributed by atoms with van der Waals surface area (Å²) >= 11 is 0. The molecule has 3 rings (SSSR count). The van der Waals surface area contributed by atoms with Crippen LogP contribution in [0, 0.1) is 11.8 Å². The van der Waals surface area contributed by atoms with Crippen LogP contribution in [0.15, 0.2) is 46.3 Å². The Morgan fingerprint density at radius 1 is 1.21 bits per heavy atom. The minimum atomic E-state index is -5.28. The average Bonchev–Trinajstić information content (AvgIpc) is 2.65. The molecule has 7 heteroatoms. The summed E-state index contributed by atoms with van der Waals surface area (Å²) < 4.78 is 40.6. The molecule has 1 aromatic heterocycles. The molecule has 154 valence electrons. The summed E-state index contributed by atoms with van der Waals surface area (Å²) in [6, 6.07) is 6.09. The van der Waals surface area contributed by atoms with Crippen molar-refractivity contribution in [2.75, 3.05) is 0 Å². The molecule has 1 N–H and O–H groups in total. The largest absolute Gasteiger partial charge is 0.506 e. The van der Waals surface area contributed by atoms with Crippen molar-refractivity contribution in [1.29, 1.82) is 0 Å². The number of alkyl halides is 3. The normalized spacial score (nSPS) is 20.2. The third kappa shape index (κ3) is 3.28. The van der Waals surface area contributed by atoms with E-state index in [1.165, 1.54) is 17.7 Å². The maximum Gasteiger partial charge on any atom is 0.455 e. The maximum atomic E-state index is 13.1. The first-order chi connectivity index (χ1) is 13.5. The molecule has 2 aromatic rings. The summed E-state index contributed by atoms with van der Waals surface area (Å²) in [5.41, 5.74) is 0.604. The highest BCUT2D eigenvalue weighted by Gasteiger charge is 2.43. The van der Waals surface area contributed by atoms with E-state index in [0.717, 1.165) is 16.6 Å². The number of rotatable bonds is 3. The predicted molar refractivity (Wildman–Crippen MR) is 106 cm³/mol. The number of aromatic hydroxyl groups is 1. The van der Waals surface area contributed by atoms with E-state index in [-0.39, 0.29) is 22.7 Å². The Kier molecular flexibility index (Phi) is 5.19. The van der Waals surface area contributed by atoms with Crippen LogP contribution < -0.4 is 5.56 Å². The molecule has 0 bridgehead atoms. The highest BCUT2D eigenvalue weighted by atomic mass is 19.4. The van der Waals surface area contributed by atoms with Gasteiger partial charge in [0.15, 0.2) is 0 Å². The zero-order valence-electron chi connectivity index (χ0n) is 16.6. The first-order valence-corrected chi connectivity index (χ1v) is 9.40. The van der Waals surface area contributed by atoms with Crippen molar-refractivity contribution in [1.82, 2.24) is 4.57 Å². The molecule has 1 aliphatic carbocycles. The van der Waals surface area contributed by atoms with Gasteiger partial charge in [0.1, 0.15) is 11.3 Å². The van der Waals surface area contributed by atoms with Crippen LogP contribution in [0.3, 0.4) is 0 Å². The molecule has 1 aliphatic rings. The number of ketones is 1. The van der Waals surface area contributed by atoms with Crippen molar-refractivity contribution < 1.29 is 23.1 Å². The van der Waals surface area contributed by atoms with E-state index in [9.17, 15) is 27.9 Å². The Morgan fingerprint density at radius 2 is 1.83 bits per heavy atom. The Balaban J connectivity index is 2.41. The van der Waals surface area contributed by atoms with Crippen molar-refractivity contribution in [3.8, 4) is 5.75 Å². The lowest BCUT2D eigenvalue weighted by Gasteiger charge is -2.31.